The van der Waals surface area contributed by atoms with E-state index in [1.165, 1.54) is 12.1 Å². The van der Waals surface area contributed by atoms with Crippen LogP contribution in [0.5, 0.6) is 0 Å². The summed E-state index contributed by atoms with van der Waals surface area (Å²) in [4.78, 5) is 0. The second kappa shape index (κ2) is 13.6. The highest BCUT2D eigenvalue weighted by Crippen LogP contribution is 2.44. The SMILES string of the molecule is CC(C)[Si](C#Cc1c2cc3ccc(C(F)(F)F)cc3cc2c(C#C[Si](C(C)C)(C(C)C)C(C)C)c2cc3c(ccn3C)cc12)(C(C)C)C(C)C. The van der Waals surface area contributed by atoms with Gasteiger partial charge in [0.1, 0.15) is 16.1 Å². The van der Waals surface area contributed by atoms with Gasteiger partial charge < -0.3 is 4.57 Å². The Morgan fingerprint density at radius 2 is 0.920 bits per heavy atom. The molecule has 264 valence electrons. The van der Waals surface area contributed by atoms with Crippen LogP contribution in [0.4, 0.5) is 13.2 Å². The van der Waals surface area contributed by atoms with Crippen LogP contribution in [-0.2, 0) is 13.2 Å². The zero-order valence-corrected chi connectivity index (χ0v) is 34.2. The maximum atomic E-state index is 14.0. The van der Waals surface area contributed by atoms with Gasteiger partial charge in [-0.05, 0) is 103 Å². The number of hydrogen-bond acceptors (Lipinski definition) is 0. The van der Waals surface area contributed by atoms with E-state index in [-0.39, 0.29) is 0 Å². The Labute approximate surface area is 300 Å². The summed E-state index contributed by atoms with van der Waals surface area (Å²) in [6.45, 7) is 27.8. The minimum Gasteiger partial charge on any atom is -0.351 e. The Bertz CT molecular complexity index is 2170. The van der Waals surface area contributed by atoms with Crippen molar-refractivity contribution in [3.8, 4) is 22.9 Å². The van der Waals surface area contributed by atoms with E-state index in [2.05, 4.69) is 148 Å². The van der Waals surface area contributed by atoms with E-state index in [9.17, 15) is 13.2 Å². The van der Waals surface area contributed by atoms with Gasteiger partial charge in [-0.2, -0.15) is 13.2 Å². The number of benzene rings is 4. The molecule has 0 radical (unpaired) electrons. The lowest BCUT2D eigenvalue weighted by Gasteiger charge is -2.38. The average Bonchev–Trinajstić information content (AvgIpc) is 3.37. The number of aromatic nitrogens is 1. The van der Waals surface area contributed by atoms with E-state index in [1.807, 2.05) is 6.07 Å². The topological polar surface area (TPSA) is 4.93 Å². The van der Waals surface area contributed by atoms with Crippen LogP contribution in [0.25, 0.3) is 43.2 Å². The van der Waals surface area contributed by atoms with E-state index >= 15 is 0 Å². The largest absolute Gasteiger partial charge is 0.416 e. The fraction of sp³-hybridized carbons (Fsp3) is 0.455. The number of hydrogen-bond donors (Lipinski definition) is 0. The monoisotopic (exact) mass is 709 g/mol. The molecule has 0 saturated carbocycles. The van der Waals surface area contributed by atoms with Crippen LogP contribution in [0.15, 0.2) is 54.7 Å². The molecule has 0 amide bonds. The molecule has 0 unspecified atom stereocenters. The van der Waals surface area contributed by atoms with Gasteiger partial charge in [-0.15, -0.1) is 11.1 Å². The molecule has 0 saturated heterocycles. The van der Waals surface area contributed by atoms with E-state index in [0.29, 0.717) is 38.6 Å². The van der Waals surface area contributed by atoms with Crippen molar-refractivity contribution in [2.24, 2.45) is 7.05 Å². The standard InChI is InChI=1S/C44H54F3NSi2/c1-27(2)49(28(3)4,29(5)6)20-17-37-39-23-33-14-15-36(44(45,46)47)22-35(33)25-41(39)38(18-21-50(30(7)8,31(9)10)32(11)12)42-26-43-34(24-40(37)42)16-19-48(43)13/h14-16,19,22-32H,1-13H3. The molecule has 4 aromatic carbocycles. The van der Waals surface area contributed by atoms with Crippen molar-refractivity contribution in [3.63, 3.8) is 0 Å². The third-order valence-corrected chi connectivity index (χ3v) is 24.5. The zero-order valence-electron chi connectivity index (χ0n) is 32.2. The fourth-order valence-electron chi connectivity index (χ4n) is 9.38. The molecule has 1 heterocycles. The minimum absolute atomic E-state index is 0.439. The number of alkyl halides is 3. The first kappa shape index (κ1) is 37.8. The quantitative estimate of drug-likeness (QED) is 0.0940. The normalized spacial score (nSPS) is 13.2. The first-order valence-corrected chi connectivity index (χ1v) is 22.8. The molecule has 1 aromatic heterocycles. The van der Waals surface area contributed by atoms with Gasteiger partial charge in [0.2, 0.25) is 0 Å². The molecule has 0 N–H and O–H groups in total. The van der Waals surface area contributed by atoms with Gasteiger partial charge in [0, 0.05) is 40.7 Å². The van der Waals surface area contributed by atoms with Gasteiger partial charge >= 0.3 is 6.18 Å². The maximum Gasteiger partial charge on any atom is 0.416 e. The fourth-order valence-corrected chi connectivity index (χ4v) is 19.8. The Hall–Kier alpha value is -3.46. The van der Waals surface area contributed by atoms with Crippen molar-refractivity contribution in [2.45, 2.75) is 123 Å². The van der Waals surface area contributed by atoms with E-state index in [1.54, 1.807) is 6.07 Å². The molecular weight excluding hydrogens is 656 g/mol. The Balaban J connectivity index is 2.06. The zero-order chi connectivity index (χ0) is 37.1. The summed E-state index contributed by atoms with van der Waals surface area (Å²) in [5.74, 6) is 7.62. The molecule has 0 aliphatic rings. The lowest BCUT2D eigenvalue weighted by molar-refractivity contribution is -0.137. The van der Waals surface area contributed by atoms with Crippen molar-refractivity contribution in [1.82, 2.24) is 4.57 Å². The summed E-state index contributed by atoms with van der Waals surface area (Å²) in [5, 5.41) is 6.37. The number of nitrogens with zero attached hydrogens (tertiary/aromatic N) is 1. The van der Waals surface area contributed by atoms with E-state index in [4.69, 9.17) is 0 Å². The first-order chi connectivity index (χ1) is 23.3. The second-order valence-corrected chi connectivity index (χ2v) is 27.5. The molecule has 5 rings (SSSR count). The van der Waals surface area contributed by atoms with Crippen LogP contribution >= 0.6 is 0 Å². The Morgan fingerprint density at radius 1 is 0.520 bits per heavy atom. The third-order valence-electron chi connectivity index (χ3n) is 11.9. The molecule has 5 aromatic rings. The number of rotatable bonds is 6. The van der Waals surface area contributed by atoms with E-state index < -0.39 is 27.9 Å². The van der Waals surface area contributed by atoms with Gasteiger partial charge in [-0.1, -0.05) is 101 Å². The molecule has 6 heteroatoms. The molecule has 50 heavy (non-hydrogen) atoms. The molecule has 0 bridgehead atoms. The van der Waals surface area contributed by atoms with Gasteiger partial charge in [0.25, 0.3) is 0 Å². The lowest BCUT2D eigenvalue weighted by atomic mass is 9.89. The predicted octanol–water partition coefficient (Wildman–Crippen LogP) is 13.8. The van der Waals surface area contributed by atoms with Crippen molar-refractivity contribution < 1.29 is 13.2 Å². The van der Waals surface area contributed by atoms with Crippen LogP contribution < -0.4 is 0 Å². The van der Waals surface area contributed by atoms with Crippen molar-refractivity contribution in [3.05, 3.63) is 71.4 Å². The molecule has 0 aliphatic carbocycles. The Morgan fingerprint density at radius 3 is 1.34 bits per heavy atom. The third kappa shape index (κ3) is 6.22. The average molecular weight is 710 g/mol. The van der Waals surface area contributed by atoms with Gasteiger partial charge in [-0.3, -0.25) is 0 Å². The van der Waals surface area contributed by atoms with Gasteiger partial charge in [0.05, 0.1) is 5.56 Å². The minimum atomic E-state index is -4.43. The summed E-state index contributed by atoms with van der Waals surface area (Å²) in [6.07, 6.45) is -2.35. The summed E-state index contributed by atoms with van der Waals surface area (Å²) in [6, 6.07) is 14.7. The number of aryl methyl sites for hydroxylation is 1. The van der Waals surface area contributed by atoms with Crippen molar-refractivity contribution >= 4 is 59.4 Å². The molecular formula is C44H54F3NSi2. The summed E-state index contributed by atoms with van der Waals surface area (Å²) < 4.78 is 44.1. The van der Waals surface area contributed by atoms with Crippen LogP contribution in [0.2, 0.25) is 33.2 Å². The molecule has 0 atom stereocenters. The predicted molar refractivity (Wildman–Crippen MR) is 216 cm³/mol. The highest BCUT2D eigenvalue weighted by molar-refractivity contribution is 6.91. The smallest absolute Gasteiger partial charge is 0.351 e. The highest BCUT2D eigenvalue weighted by Gasteiger charge is 2.43. The highest BCUT2D eigenvalue weighted by atomic mass is 28.3. The number of halogens is 3. The number of fused-ring (bicyclic) bond motifs is 4. The van der Waals surface area contributed by atoms with Crippen LogP contribution in [-0.4, -0.2) is 20.7 Å². The van der Waals surface area contributed by atoms with Crippen molar-refractivity contribution in [2.75, 3.05) is 0 Å². The second-order valence-electron chi connectivity index (χ2n) is 16.4. The van der Waals surface area contributed by atoms with Crippen LogP contribution in [0, 0.1) is 22.9 Å². The molecule has 0 spiro atoms. The van der Waals surface area contributed by atoms with Crippen LogP contribution in [0.3, 0.4) is 0 Å². The van der Waals surface area contributed by atoms with Crippen LogP contribution in [0.1, 0.15) is 99.8 Å². The molecule has 0 fully saturated rings. The van der Waals surface area contributed by atoms with Crippen molar-refractivity contribution in [1.29, 1.82) is 0 Å². The van der Waals surface area contributed by atoms with Gasteiger partial charge in [0.15, 0.2) is 0 Å². The summed E-state index contributed by atoms with van der Waals surface area (Å²) in [7, 11) is -2.22. The molecule has 1 nitrogen and oxygen atoms in total. The van der Waals surface area contributed by atoms with Gasteiger partial charge in [-0.25, -0.2) is 0 Å². The summed E-state index contributed by atoms with van der Waals surface area (Å²) >= 11 is 0. The Kier molecular flexibility index (Phi) is 10.3. The first-order valence-electron chi connectivity index (χ1n) is 18.3. The summed E-state index contributed by atoms with van der Waals surface area (Å²) in [5.41, 5.74) is 12.9. The maximum absolute atomic E-state index is 14.0. The van der Waals surface area contributed by atoms with E-state index in [0.717, 1.165) is 49.0 Å². The molecule has 0 aliphatic heterocycles. The lowest BCUT2D eigenvalue weighted by Crippen LogP contribution is -2.43.